The van der Waals surface area contributed by atoms with Gasteiger partial charge in [0.05, 0.1) is 6.10 Å². The molecule has 0 aromatic heterocycles. The van der Waals surface area contributed by atoms with Crippen molar-refractivity contribution in [1.82, 2.24) is 0 Å². The molecule has 2 aliphatic rings. The standard InChI is InChI=1S/C7H10O4/c1-10-7-4-2-3(8)6(11-4)5(7)9/h4-7,9H,2H2,1H3/t4-,5-,6+,7-/m1/s1. The second-order valence-electron chi connectivity index (χ2n) is 2.96. The summed E-state index contributed by atoms with van der Waals surface area (Å²) in [5.41, 5.74) is 0. The average molecular weight is 158 g/mol. The highest BCUT2D eigenvalue weighted by molar-refractivity contribution is 5.87. The van der Waals surface area contributed by atoms with E-state index in [1.165, 1.54) is 7.11 Å². The van der Waals surface area contributed by atoms with Crippen molar-refractivity contribution in [3.8, 4) is 0 Å². The number of hydrogen-bond acceptors (Lipinski definition) is 4. The van der Waals surface area contributed by atoms with Gasteiger partial charge >= 0.3 is 0 Å². The zero-order chi connectivity index (χ0) is 8.01. The summed E-state index contributed by atoms with van der Waals surface area (Å²) in [5, 5.41) is 9.38. The van der Waals surface area contributed by atoms with E-state index in [1.807, 2.05) is 0 Å². The molecular formula is C7H10O4. The molecule has 0 aromatic rings. The van der Waals surface area contributed by atoms with E-state index in [9.17, 15) is 9.90 Å². The van der Waals surface area contributed by atoms with Crippen LogP contribution in [0.1, 0.15) is 6.42 Å². The van der Waals surface area contributed by atoms with E-state index < -0.39 is 12.2 Å². The number of aliphatic hydroxyl groups excluding tert-OH is 1. The van der Waals surface area contributed by atoms with Crippen molar-refractivity contribution in [1.29, 1.82) is 0 Å². The zero-order valence-electron chi connectivity index (χ0n) is 6.19. The van der Waals surface area contributed by atoms with Crippen molar-refractivity contribution >= 4 is 5.78 Å². The van der Waals surface area contributed by atoms with E-state index in [2.05, 4.69) is 0 Å². The fraction of sp³-hybridized carbons (Fsp3) is 0.857. The Hall–Kier alpha value is -0.450. The molecule has 0 radical (unpaired) electrons. The summed E-state index contributed by atoms with van der Waals surface area (Å²) in [4.78, 5) is 11.0. The first-order valence-electron chi connectivity index (χ1n) is 3.63. The van der Waals surface area contributed by atoms with E-state index >= 15 is 0 Å². The van der Waals surface area contributed by atoms with Crippen LogP contribution < -0.4 is 0 Å². The van der Waals surface area contributed by atoms with Gasteiger partial charge < -0.3 is 14.6 Å². The van der Waals surface area contributed by atoms with E-state index in [-0.39, 0.29) is 18.0 Å². The molecule has 62 valence electrons. The summed E-state index contributed by atoms with van der Waals surface area (Å²) < 4.78 is 10.2. The summed E-state index contributed by atoms with van der Waals surface area (Å²) in [7, 11) is 1.52. The Kier molecular flexibility index (Phi) is 1.49. The fourth-order valence-electron chi connectivity index (χ4n) is 1.77. The second-order valence-corrected chi connectivity index (χ2v) is 2.96. The molecule has 4 atom stereocenters. The second kappa shape index (κ2) is 2.27. The number of aliphatic hydroxyl groups is 1. The molecule has 4 heteroatoms. The molecule has 0 spiro atoms. The number of fused-ring (bicyclic) bond motifs is 2. The van der Waals surface area contributed by atoms with Crippen LogP contribution in [-0.4, -0.2) is 42.4 Å². The van der Waals surface area contributed by atoms with Crippen molar-refractivity contribution in [2.24, 2.45) is 0 Å². The van der Waals surface area contributed by atoms with Gasteiger partial charge in [0.1, 0.15) is 18.3 Å². The van der Waals surface area contributed by atoms with Crippen molar-refractivity contribution in [2.45, 2.75) is 30.8 Å². The number of rotatable bonds is 1. The first-order chi connectivity index (χ1) is 5.24. The van der Waals surface area contributed by atoms with Crippen molar-refractivity contribution < 1.29 is 19.4 Å². The van der Waals surface area contributed by atoms with Crippen LogP contribution in [-0.2, 0) is 14.3 Å². The highest BCUT2D eigenvalue weighted by Crippen LogP contribution is 2.33. The van der Waals surface area contributed by atoms with E-state index in [0.29, 0.717) is 6.42 Å². The van der Waals surface area contributed by atoms with Crippen LogP contribution in [0.15, 0.2) is 0 Å². The van der Waals surface area contributed by atoms with Crippen LogP contribution >= 0.6 is 0 Å². The lowest BCUT2D eigenvalue weighted by molar-refractivity contribution is -0.127. The number of methoxy groups -OCH3 is 1. The molecule has 0 aromatic carbocycles. The molecule has 2 aliphatic heterocycles. The van der Waals surface area contributed by atoms with Crippen LogP contribution in [0.3, 0.4) is 0 Å². The Labute approximate surface area is 64.1 Å². The maximum atomic E-state index is 11.0. The average Bonchev–Trinajstić information content (AvgIpc) is 2.44. The minimum absolute atomic E-state index is 0.00389. The molecular weight excluding hydrogens is 148 g/mol. The first-order valence-corrected chi connectivity index (χ1v) is 3.63. The Morgan fingerprint density at radius 3 is 2.91 bits per heavy atom. The van der Waals surface area contributed by atoms with Gasteiger partial charge in [0, 0.05) is 13.5 Å². The fourth-order valence-corrected chi connectivity index (χ4v) is 1.77. The van der Waals surface area contributed by atoms with Crippen LogP contribution in [0.25, 0.3) is 0 Å². The SMILES string of the molecule is CO[C@H]1[C@H](O)[C@H]2O[C@@H]1CC2=O. The van der Waals surface area contributed by atoms with Gasteiger partial charge in [-0.3, -0.25) is 4.79 Å². The molecule has 2 rings (SSSR count). The van der Waals surface area contributed by atoms with Gasteiger partial charge in [-0.2, -0.15) is 0 Å². The number of carbonyl (C=O) groups excluding carboxylic acids is 1. The summed E-state index contributed by atoms with van der Waals surface area (Å²) in [6.45, 7) is 0. The highest BCUT2D eigenvalue weighted by atomic mass is 16.6. The van der Waals surface area contributed by atoms with Gasteiger partial charge in [0.2, 0.25) is 0 Å². The van der Waals surface area contributed by atoms with Gasteiger partial charge in [-0.15, -0.1) is 0 Å². The molecule has 2 fully saturated rings. The quantitative estimate of drug-likeness (QED) is 0.537. The van der Waals surface area contributed by atoms with Gasteiger partial charge in [-0.05, 0) is 0 Å². The predicted molar refractivity (Wildman–Crippen MR) is 35.1 cm³/mol. The summed E-state index contributed by atoms with van der Waals surface area (Å²) in [5.74, 6) is -0.00389. The van der Waals surface area contributed by atoms with Gasteiger partial charge in [0.25, 0.3) is 0 Å². The summed E-state index contributed by atoms with van der Waals surface area (Å²) in [6, 6.07) is 0. The lowest BCUT2D eigenvalue weighted by atomic mass is 9.94. The zero-order valence-corrected chi connectivity index (χ0v) is 6.19. The van der Waals surface area contributed by atoms with Gasteiger partial charge in [-0.25, -0.2) is 0 Å². The molecule has 2 heterocycles. The molecule has 0 amide bonds. The molecule has 1 N–H and O–H groups in total. The summed E-state index contributed by atoms with van der Waals surface area (Å²) >= 11 is 0. The van der Waals surface area contributed by atoms with Gasteiger partial charge in [0.15, 0.2) is 5.78 Å². The molecule has 0 unspecified atom stereocenters. The van der Waals surface area contributed by atoms with Crippen LogP contribution in [0.5, 0.6) is 0 Å². The number of carbonyl (C=O) groups is 1. The highest BCUT2D eigenvalue weighted by Gasteiger charge is 2.53. The summed E-state index contributed by atoms with van der Waals surface area (Å²) in [6.07, 6.45) is -1.51. The molecule has 2 saturated heterocycles. The molecule has 0 saturated carbocycles. The molecule has 4 nitrogen and oxygen atoms in total. The van der Waals surface area contributed by atoms with E-state index in [1.54, 1.807) is 0 Å². The molecule has 2 bridgehead atoms. The maximum absolute atomic E-state index is 11.0. The topological polar surface area (TPSA) is 55.8 Å². The third-order valence-electron chi connectivity index (χ3n) is 2.33. The largest absolute Gasteiger partial charge is 0.387 e. The van der Waals surface area contributed by atoms with Crippen molar-refractivity contribution in [3.63, 3.8) is 0 Å². The van der Waals surface area contributed by atoms with Crippen LogP contribution in [0, 0.1) is 0 Å². The molecule has 11 heavy (non-hydrogen) atoms. The van der Waals surface area contributed by atoms with Crippen molar-refractivity contribution in [3.05, 3.63) is 0 Å². The lowest BCUT2D eigenvalue weighted by Crippen LogP contribution is -2.42. The minimum atomic E-state index is -0.758. The monoisotopic (exact) mass is 158 g/mol. The lowest BCUT2D eigenvalue weighted by Gasteiger charge is -2.20. The minimum Gasteiger partial charge on any atom is -0.387 e. The molecule has 0 aliphatic carbocycles. The number of ketones is 1. The van der Waals surface area contributed by atoms with Gasteiger partial charge in [-0.1, -0.05) is 0 Å². The van der Waals surface area contributed by atoms with Crippen LogP contribution in [0.4, 0.5) is 0 Å². The Bertz CT molecular complexity index is 189. The third kappa shape index (κ3) is 0.834. The Balaban J connectivity index is 2.17. The van der Waals surface area contributed by atoms with E-state index in [4.69, 9.17) is 9.47 Å². The van der Waals surface area contributed by atoms with E-state index in [0.717, 1.165) is 0 Å². The number of ether oxygens (including phenoxy) is 2. The number of Topliss-reactive ketones (excluding diaryl/α,β-unsaturated/α-hetero) is 1. The number of hydrogen-bond donors (Lipinski definition) is 1. The van der Waals surface area contributed by atoms with Crippen LogP contribution in [0.2, 0.25) is 0 Å². The van der Waals surface area contributed by atoms with Crippen molar-refractivity contribution in [2.75, 3.05) is 7.11 Å². The predicted octanol–water partition coefficient (Wildman–Crippen LogP) is -0.897. The Morgan fingerprint density at radius 2 is 2.45 bits per heavy atom. The smallest absolute Gasteiger partial charge is 0.167 e. The first kappa shape index (κ1) is 7.21. The normalized spacial score (nSPS) is 48.7. The Morgan fingerprint density at radius 1 is 1.73 bits per heavy atom. The maximum Gasteiger partial charge on any atom is 0.167 e. The third-order valence-corrected chi connectivity index (χ3v) is 2.33.